The highest BCUT2D eigenvalue weighted by Gasteiger charge is 2.30. The van der Waals surface area contributed by atoms with Gasteiger partial charge in [0.1, 0.15) is 11.5 Å². The van der Waals surface area contributed by atoms with Gasteiger partial charge in [-0.3, -0.25) is 4.79 Å². The summed E-state index contributed by atoms with van der Waals surface area (Å²) >= 11 is 1.47. The molecule has 3 nitrogen and oxygen atoms in total. The van der Waals surface area contributed by atoms with E-state index in [2.05, 4.69) is 5.32 Å². The summed E-state index contributed by atoms with van der Waals surface area (Å²) in [4.78, 5) is 12.8. The maximum absolute atomic E-state index is 13.6. The van der Waals surface area contributed by atoms with Crippen LogP contribution in [0.5, 0.6) is 0 Å². The quantitative estimate of drug-likeness (QED) is 0.395. The first-order valence-corrected chi connectivity index (χ1v) is 9.95. The number of benzene rings is 2. The van der Waals surface area contributed by atoms with Crippen molar-refractivity contribution >= 4 is 27.5 Å². The van der Waals surface area contributed by atoms with Gasteiger partial charge in [0, 0.05) is 13.1 Å². The average molecular weight is 432 g/mol. The molecule has 2 aromatic carbocycles. The second kappa shape index (κ2) is 7.95. The molecule has 4 rings (SSSR count). The molecule has 4 aromatic rings. The van der Waals surface area contributed by atoms with E-state index in [0.29, 0.717) is 23.4 Å². The van der Waals surface area contributed by atoms with Crippen molar-refractivity contribution in [2.75, 3.05) is 0 Å². The second-order valence-electron chi connectivity index (χ2n) is 6.80. The van der Waals surface area contributed by atoms with Gasteiger partial charge in [0.2, 0.25) is 0 Å². The molecule has 1 amide bonds. The van der Waals surface area contributed by atoms with Crippen LogP contribution in [-0.4, -0.2) is 10.5 Å². The Balaban J connectivity index is 1.57. The van der Waals surface area contributed by atoms with E-state index >= 15 is 0 Å². The van der Waals surface area contributed by atoms with Crippen molar-refractivity contribution in [2.45, 2.75) is 19.3 Å². The Morgan fingerprint density at radius 2 is 1.77 bits per heavy atom. The normalized spacial score (nSPS) is 11.7. The number of hydrogen-bond donors (Lipinski definition) is 1. The van der Waals surface area contributed by atoms with Gasteiger partial charge in [-0.15, -0.1) is 11.3 Å². The fourth-order valence-electron chi connectivity index (χ4n) is 3.28. The number of hydrogen-bond acceptors (Lipinski definition) is 2. The Morgan fingerprint density at radius 1 is 1.00 bits per heavy atom. The largest absolute Gasteiger partial charge is 0.416 e. The van der Waals surface area contributed by atoms with Crippen molar-refractivity contribution in [2.24, 2.45) is 0 Å². The molecule has 0 fully saturated rings. The number of thiophene rings is 1. The molecule has 0 bridgehead atoms. The highest BCUT2D eigenvalue weighted by molar-refractivity contribution is 7.17. The Bertz CT molecular complexity index is 1210. The van der Waals surface area contributed by atoms with Gasteiger partial charge in [-0.2, -0.15) is 13.2 Å². The lowest BCUT2D eigenvalue weighted by molar-refractivity contribution is -0.137. The Morgan fingerprint density at radius 3 is 2.53 bits per heavy atom. The molecule has 0 radical (unpaired) electrons. The minimum atomic E-state index is -4.44. The fraction of sp³-hybridized carbons (Fsp3) is 0.136. The van der Waals surface area contributed by atoms with Crippen molar-refractivity contribution in [3.05, 3.63) is 94.2 Å². The third kappa shape index (κ3) is 4.23. The van der Waals surface area contributed by atoms with Gasteiger partial charge in [-0.25, -0.2) is 4.39 Å². The lowest BCUT2D eigenvalue weighted by Gasteiger charge is -2.12. The van der Waals surface area contributed by atoms with Crippen LogP contribution in [0.1, 0.15) is 27.2 Å². The van der Waals surface area contributed by atoms with E-state index < -0.39 is 17.6 Å². The second-order valence-corrected chi connectivity index (χ2v) is 7.74. The molecule has 2 heterocycles. The molecule has 8 heteroatoms. The molecule has 1 N–H and O–H groups in total. The summed E-state index contributed by atoms with van der Waals surface area (Å²) in [6, 6.07) is 14.6. The molecule has 0 aliphatic carbocycles. The minimum Gasteiger partial charge on any atom is -0.347 e. The molecule has 0 atom stereocenters. The van der Waals surface area contributed by atoms with Crippen LogP contribution in [0.4, 0.5) is 17.6 Å². The summed E-state index contributed by atoms with van der Waals surface area (Å²) in [5.74, 6) is -0.774. The predicted molar refractivity (Wildman–Crippen MR) is 108 cm³/mol. The van der Waals surface area contributed by atoms with Gasteiger partial charge < -0.3 is 9.88 Å². The van der Waals surface area contributed by atoms with Crippen molar-refractivity contribution in [1.82, 2.24) is 9.88 Å². The summed E-state index contributed by atoms with van der Waals surface area (Å²) in [5.41, 5.74) is 1.50. The third-order valence-electron chi connectivity index (χ3n) is 4.69. The topological polar surface area (TPSA) is 34.0 Å². The van der Waals surface area contributed by atoms with Crippen molar-refractivity contribution in [3.8, 4) is 0 Å². The van der Waals surface area contributed by atoms with E-state index in [1.165, 1.54) is 35.6 Å². The first-order chi connectivity index (χ1) is 14.3. The van der Waals surface area contributed by atoms with Crippen molar-refractivity contribution in [3.63, 3.8) is 0 Å². The number of nitrogens with one attached hydrogen (secondary N) is 1. The van der Waals surface area contributed by atoms with Crippen LogP contribution < -0.4 is 5.32 Å². The van der Waals surface area contributed by atoms with Gasteiger partial charge >= 0.3 is 6.18 Å². The van der Waals surface area contributed by atoms with Gasteiger partial charge in [0.05, 0.1) is 15.8 Å². The number of carbonyl (C=O) groups is 1. The zero-order valence-corrected chi connectivity index (χ0v) is 16.4. The summed E-state index contributed by atoms with van der Waals surface area (Å²) in [6.45, 7) is 0.256. The van der Waals surface area contributed by atoms with Crippen LogP contribution in [0.2, 0.25) is 0 Å². The summed E-state index contributed by atoms with van der Waals surface area (Å²) < 4.78 is 54.9. The van der Waals surface area contributed by atoms with Gasteiger partial charge in [0.15, 0.2) is 0 Å². The molecule has 154 valence electrons. The number of alkyl halides is 3. The highest BCUT2D eigenvalue weighted by Crippen LogP contribution is 2.30. The number of rotatable bonds is 5. The van der Waals surface area contributed by atoms with Gasteiger partial charge in [-0.1, -0.05) is 24.3 Å². The van der Waals surface area contributed by atoms with Crippen LogP contribution >= 0.6 is 11.3 Å². The van der Waals surface area contributed by atoms with E-state index in [1.807, 2.05) is 11.4 Å². The molecule has 0 spiro atoms. The zero-order valence-electron chi connectivity index (χ0n) is 15.5. The molecule has 0 aliphatic heterocycles. The molecule has 0 saturated heterocycles. The Labute approximate surface area is 173 Å². The Hall–Kier alpha value is -3.13. The van der Waals surface area contributed by atoms with E-state index in [-0.39, 0.29) is 12.4 Å². The van der Waals surface area contributed by atoms with Crippen LogP contribution in [0, 0.1) is 5.82 Å². The highest BCUT2D eigenvalue weighted by atomic mass is 32.1. The smallest absolute Gasteiger partial charge is 0.347 e. The number of carbonyl (C=O) groups excluding carboxylic acids is 1. The molecule has 0 aliphatic rings. The SMILES string of the molecule is O=C(NCc1cccc(C(F)(F)F)c1)c1cc2sccc2n1Cc1cccc(F)c1. The fourth-order valence-corrected chi connectivity index (χ4v) is 4.11. The van der Waals surface area contributed by atoms with Crippen LogP contribution in [0.15, 0.2) is 66.0 Å². The maximum Gasteiger partial charge on any atom is 0.416 e. The number of halogens is 4. The molecular weight excluding hydrogens is 416 g/mol. The molecule has 2 aromatic heterocycles. The summed E-state index contributed by atoms with van der Waals surface area (Å²) in [7, 11) is 0. The first-order valence-electron chi connectivity index (χ1n) is 9.07. The van der Waals surface area contributed by atoms with Gasteiger partial charge in [0.25, 0.3) is 5.91 Å². The van der Waals surface area contributed by atoms with E-state index in [9.17, 15) is 22.4 Å². The van der Waals surface area contributed by atoms with Crippen LogP contribution in [0.25, 0.3) is 10.2 Å². The third-order valence-corrected chi connectivity index (χ3v) is 5.55. The zero-order chi connectivity index (χ0) is 21.3. The van der Waals surface area contributed by atoms with Crippen LogP contribution in [0.3, 0.4) is 0 Å². The van der Waals surface area contributed by atoms with Crippen LogP contribution in [-0.2, 0) is 19.3 Å². The lowest BCUT2D eigenvalue weighted by Crippen LogP contribution is -2.25. The number of fused-ring (bicyclic) bond motifs is 1. The predicted octanol–water partition coefficient (Wildman–Crippen LogP) is 5.84. The summed E-state index contributed by atoms with van der Waals surface area (Å²) in [6.07, 6.45) is -4.44. The minimum absolute atomic E-state index is 0.0401. The average Bonchev–Trinajstić information content (AvgIpc) is 3.28. The van der Waals surface area contributed by atoms with Crippen molar-refractivity contribution < 1.29 is 22.4 Å². The molecule has 0 unspecified atom stereocenters. The van der Waals surface area contributed by atoms with E-state index in [4.69, 9.17) is 0 Å². The summed E-state index contributed by atoms with van der Waals surface area (Å²) in [5, 5.41) is 4.59. The van der Waals surface area contributed by atoms with E-state index in [0.717, 1.165) is 22.3 Å². The molecule has 30 heavy (non-hydrogen) atoms. The maximum atomic E-state index is 13.6. The lowest BCUT2D eigenvalue weighted by atomic mass is 10.1. The van der Waals surface area contributed by atoms with Crippen molar-refractivity contribution in [1.29, 1.82) is 0 Å². The standard InChI is InChI=1S/C22H16F4N2OS/c23-17-6-2-4-15(10-17)13-28-18-7-8-30-20(18)11-19(28)21(29)27-12-14-3-1-5-16(9-14)22(24,25)26/h1-11H,12-13H2,(H,27,29). The number of nitrogens with zero attached hydrogens (tertiary/aromatic N) is 1. The number of aromatic nitrogens is 1. The monoisotopic (exact) mass is 432 g/mol. The molecule has 0 saturated carbocycles. The first kappa shape index (κ1) is 20.2. The van der Waals surface area contributed by atoms with E-state index in [1.54, 1.807) is 22.8 Å². The van der Waals surface area contributed by atoms with Gasteiger partial charge in [-0.05, 0) is 52.9 Å². The Kier molecular flexibility index (Phi) is 5.34. The number of amides is 1. The molecular formula is C22H16F4N2OS.